The van der Waals surface area contributed by atoms with Crippen molar-refractivity contribution in [3.8, 4) is 0 Å². The highest BCUT2D eigenvalue weighted by Crippen LogP contribution is 2.34. The minimum absolute atomic E-state index is 0.295. The van der Waals surface area contributed by atoms with E-state index in [1.54, 1.807) is 0 Å². The molecule has 0 bridgehead atoms. The molecule has 1 heterocycles. The van der Waals surface area contributed by atoms with Gasteiger partial charge in [-0.15, -0.1) is 11.3 Å². The van der Waals surface area contributed by atoms with E-state index in [0.29, 0.717) is 6.04 Å². The minimum atomic E-state index is 0.295. The molecule has 1 aromatic heterocycles. The maximum absolute atomic E-state index is 3.71. The highest BCUT2D eigenvalue weighted by molar-refractivity contribution is 7.19. The molecule has 0 aliphatic heterocycles. The van der Waals surface area contributed by atoms with Crippen LogP contribution in [-0.4, -0.2) is 6.54 Å². The lowest BCUT2D eigenvalue weighted by atomic mass is 9.99. The van der Waals surface area contributed by atoms with Gasteiger partial charge >= 0.3 is 0 Å². The van der Waals surface area contributed by atoms with Gasteiger partial charge in [0, 0.05) is 9.58 Å². The zero-order valence-corrected chi connectivity index (χ0v) is 13.4. The van der Waals surface area contributed by atoms with Crippen LogP contribution >= 0.6 is 11.3 Å². The van der Waals surface area contributed by atoms with Crippen LogP contribution in [0.2, 0.25) is 0 Å². The smallest absolute Gasteiger partial charge is 0.0674 e. The van der Waals surface area contributed by atoms with Crippen molar-refractivity contribution < 1.29 is 0 Å². The molecule has 2 aromatic carbocycles. The summed E-state index contributed by atoms with van der Waals surface area (Å²) in [5.74, 6) is 0. The molecule has 1 nitrogen and oxygen atoms in total. The van der Waals surface area contributed by atoms with Crippen LogP contribution < -0.4 is 5.32 Å². The van der Waals surface area contributed by atoms with Gasteiger partial charge in [-0.2, -0.15) is 0 Å². The first-order chi connectivity index (χ1) is 10.3. The average Bonchev–Trinajstić information content (AvgIpc) is 2.93. The number of nitrogens with one attached hydrogen (secondary N) is 1. The number of hydrogen-bond acceptors (Lipinski definition) is 2. The van der Waals surface area contributed by atoms with E-state index >= 15 is 0 Å². The molecule has 0 fully saturated rings. The summed E-state index contributed by atoms with van der Waals surface area (Å²) in [5, 5.41) is 5.06. The Morgan fingerprint density at radius 1 is 1.05 bits per heavy atom. The molecule has 3 rings (SSSR count). The molecule has 0 aliphatic rings. The van der Waals surface area contributed by atoms with Crippen LogP contribution in [0.1, 0.15) is 35.4 Å². The molecule has 1 atom stereocenters. The van der Waals surface area contributed by atoms with Crippen LogP contribution in [0.4, 0.5) is 0 Å². The first kappa shape index (κ1) is 14.3. The molecule has 3 aromatic rings. The monoisotopic (exact) mass is 295 g/mol. The second-order valence-electron chi connectivity index (χ2n) is 5.43. The number of aryl methyl sites for hydroxylation is 1. The Morgan fingerprint density at radius 3 is 2.57 bits per heavy atom. The van der Waals surface area contributed by atoms with Crippen LogP contribution in [0.3, 0.4) is 0 Å². The molecule has 0 amide bonds. The van der Waals surface area contributed by atoms with Crippen LogP contribution in [-0.2, 0) is 0 Å². The highest BCUT2D eigenvalue weighted by atomic mass is 32.1. The van der Waals surface area contributed by atoms with E-state index in [1.807, 2.05) is 11.3 Å². The second kappa shape index (κ2) is 6.42. The van der Waals surface area contributed by atoms with Gasteiger partial charge < -0.3 is 5.32 Å². The van der Waals surface area contributed by atoms with Gasteiger partial charge in [0.2, 0.25) is 0 Å². The summed E-state index contributed by atoms with van der Waals surface area (Å²) in [4.78, 5) is 1.40. The fourth-order valence-corrected chi connectivity index (χ4v) is 3.87. The Morgan fingerprint density at radius 2 is 1.81 bits per heavy atom. The zero-order chi connectivity index (χ0) is 14.7. The zero-order valence-electron chi connectivity index (χ0n) is 12.6. The first-order valence-electron chi connectivity index (χ1n) is 7.57. The summed E-state index contributed by atoms with van der Waals surface area (Å²) in [6.07, 6.45) is 1.15. The van der Waals surface area contributed by atoms with E-state index in [-0.39, 0.29) is 0 Å². The van der Waals surface area contributed by atoms with E-state index in [0.717, 1.165) is 13.0 Å². The normalized spacial score (nSPS) is 12.7. The van der Waals surface area contributed by atoms with Gasteiger partial charge in [-0.05, 0) is 48.5 Å². The molecule has 21 heavy (non-hydrogen) atoms. The van der Waals surface area contributed by atoms with Crippen molar-refractivity contribution in [3.05, 3.63) is 70.6 Å². The molecule has 0 saturated carbocycles. The Hall–Kier alpha value is -1.64. The quantitative estimate of drug-likeness (QED) is 0.673. The molecule has 1 unspecified atom stereocenters. The Balaban J connectivity index is 2.04. The maximum Gasteiger partial charge on any atom is 0.0674 e. The van der Waals surface area contributed by atoms with E-state index in [4.69, 9.17) is 0 Å². The summed E-state index contributed by atoms with van der Waals surface area (Å²) >= 11 is 1.90. The molecular formula is C19H21NS. The van der Waals surface area contributed by atoms with Gasteiger partial charge in [0.05, 0.1) is 6.04 Å². The number of rotatable bonds is 5. The molecule has 108 valence electrons. The van der Waals surface area contributed by atoms with Gasteiger partial charge in [0.1, 0.15) is 0 Å². The van der Waals surface area contributed by atoms with Crippen molar-refractivity contribution in [1.29, 1.82) is 0 Å². The SMILES string of the molecule is CCCNC(c1cc2ccccc2s1)c1ccccc1C. The molecule has 0 spiro atoms. The third kappa shape index (κ3) is 3.02. The van der Waals surface area contributed by atoms with E-state index < -0.39 is 0 Å². The van der Waals surface area contributed by atoms with Gasteiger partial charge in [0.15, 0.2) is 0 Å². The Kier molecular flexibility index (Phi) is 4.37. The molecule has 0 saturated heterocycles. The number of fused-ring (bicyclic) bond motifs is 1. The molecule has 2 heteroatoms. The molecular weight excluding hydrogens is 274 g/mol. The van der Waals surface area contributed by atoms with Crippen LogP contribution in [0, 0.1) is 6.92 Å². The molecule has 0 radical (unpaired) electrons. The largest absolute Gasteiger partial charge is 0.306 e. The molecule has 1 N–H and O–H groups in total. The predicted molar refractivity (Wildman–Crippen MR) is 93.1 cm³/mol. The van der Waals surface area contributed by atoms with E-state index in [1.165, 1.54) is 26.1 Å². The van der Waals surface area contributed by atoms with E-state index in [9.17, 15) is 0 Å². The minimum Gasteiger partial charge on any atom is -0.306 e. The number of thiophene rings is 1. The Bertz CT molecular complexity index is 696. The Labute approximate surface area is 130 Å². The van der Waals surface area contributed by atoms with Gasteiger partial charge in [-0.25, -0.2) is 0 Å². The van der Waals surface area contributed by atoms with Crippen LogP contribution in [0.15, 0.2) is 54.6 Å². The van der Waals surface area contributed by atoms with Gasteiger partial charge in [-0.3, -0.25) is 0 Å². The standard InChI is InChI=1S/C19H21NS/c1-3-12-20-19(16-10-6-4-8-14(16)2)18-13-15-9-5-7-11-17(15)21-18/h4-11,13,19-20H,3,12H2,1-2H3. The lowest BCUT2D eigenvalue weighted by Crippen LogP contribution is -2.23. The van der Waals surface area contributed by atoms with Crippen molar-refractivity contribution in [2.45, 2.75) is 26.3 Å². The van der Waals surface area contributed by atoms with Crippen LogP contribution in [0.5, 0.6) is 0 Å². The fraction of sp³-hybridized carbons (Fsp3) is 0.263. The topological polar surface area (TPSA) is 12.0 Å². The van der Waals surface area contributed by atoms with Gasteiger partial charge in [0.25, 0.3) is 0 Å². The summed E-state index contributed by atoms with van der Waals surface area (Å²) in [6.45, 7) is 5.45. The fourth-order valence-electron chi connectivity index (χ4n) is 2.71. The van der Waals surface area contributed by atoms with Gasteiger partial charge in [-0.1, -0.05) is 49.4 Å². The molecule has 0 aliphatic carbocycles. The number of benzene rings is 2. The summed E-state index contributed by atoms with van der Waals surface area (Å²) in [6, 6.07) is 19.9. The maximum atomic E-state index is 3.71. The average molecular weight is 295 g/mol. The third-order valence-electron chi connectivity index (χ3n) is 3.83. The second-order valence-corrected chi connectivity index (χ2v) is 6.55. The summed E-state index contributed by atoms with van der Waals surface area (Å²) < 4.78 is 1.37. The summed E-state index contributed by atoms with van der Waals surface area (Å²) in [5.41, 5.74) is 2.74. The van der Waals surface area contributed by atoms with Crippen molar-refractivity contribution in [1.82, 2.24) is 5.32 Å². The lowest BCUT2D eigenvalue weighted by molar-refractivity contribution is 0.604. The van der Waals surface area contributed by atoms with Crippen molar-refractivity contribution in [3.63, 3.8) is 0 Å². The lowest BCUT2D eigenvalue weighted by Gasteiger charge is -2.19. The van der Waals surface area contributed by atoms with E-state index in [2.05, 4.69) is 73.8 Å². The van der Waals surface area contributed by atoms with Crippen molar-refractivity contribution in [2.75, 3.05) is 6.54 Å². The van der Waals surface area contributed by atoms with Crippen molar-refractivity contribution in [2.24, 2.45) is 0 Å². The summed E-state index contributed by atoms with van der Waals surface area (Å²) in [7, 11) is 0. The third-order valence-corrected chi connectivity index (χ3v) is 5.01. The first-order valence-corrected chi connectivity index (χ1v) is 8.38. The predicted octanol–water partition coefficient (Wildman–Crippen LogP) is 5.30. The highest BCUT2D eigenvalue weighted by Gasteiger charge is 2.17. The van der Waals surface area contributed by atoms with Crippen LogP contribution in [0.25, 0.3) is 10.1 Å². The number of hydrogen-bond donors (Lipinski definition) is 1. The van der Waals surface area contributed by atoms with Crippen molar-refractivity contribution >= 4 is 21.4 Å².